The van der Waals surface area contributed by atoms with Gasteiger partial charge in [0.25, 0.3) is 5.91 Å². The van der Waals surface area contributed by atoms with Crippen LogP contribution >= 0.6 is 0 Å². The van der Waals surface area contributed by atoms with Crippen LogP contribution in [0.5, 0.6) is 0 Å². The number of fused-ring (bicyclic) bond motifs is 3. The zero-order valence-corrected chi connectivity index (χ0v) is 20.6. The number of methoxy groups -OCH3 is 1. The van der Waals surface area contributed by atoms with Gasteiger partial charge >= 0.3 is 0 Å². The van der Waals surface area contributed by atoms with Gasteiger partial charge in [0, 0.05) is 56.4 Å². The predicted molar refractivity (Wildman–Crippen MR) is 139 cm³/mol. The van der Waals surface area contributed by atoms with Gasteiger partial charge in [-0.3, -0.25) is 9.59 Å². The lowest BCUT2D eigenvalue weighted by molar-refractivity contribution is -0.135. The number of pyridine rings is 1. The van der Waals surface area contributed by atoms with Crippen LogP contribution in [-0.4, -0.2) is 67.0 Å². The summed E-state index contributed by atoms with van der Waals surface area (Å²) in [4.78, 5) is 37.6. The minimum Gasteiger partial charge on any atom is -0.482 e. The van der Waals surface area contributed by atoms with E-state index in [2.05, 4.69) is 39.5 Å². The van der Waals surface area contributed by atoms with E-state index >= 15 is 0 Å². The molecule has 9 heteroatoms. The topological polar surface area (TPSA) is 117 Å². The second-order valence-electron chi connectivity index (χ2n) is 10.0. The van der Waals surface area contributed by atoms with Gasteiger partial charge in [-0.2, -0.15) is 0 Å². The van der Waals surface area contributed by atoms with Crippen LogP contribution in [0, 0.1) is 5.41 Å². The molecule has 0 aliphatic carbocycles. The Kier molecular flexibility index (Phi) is 5.17. The summed E-state index contributed by atoms with van der Waals surface area (Å²) in [7, 11) is 3.53. The number of dihydropyridines is 1. The molecular weight excluding hydrogens is 456 g/mol. The third-order valence-corrected chi connectivity index (χ3v) is 7.91. The van der Waals surface area contributed by atoms with Gasteiger partial charge in [0.05, 0.1) is 29.0 Å². The average Bonchev–Trinajstić information content (AvgIpc) is 3.41. The highest BCUT2D eigenvalue weighted by molar-refractivity contribution is 6.18. The number of hydrogen-bond donors (Lipinski definition) is 3. The monoisotopic (exact) mass is 486 g/mol. The maximum atomic E-state index is 13.0. The van der Waals surface area contributed by atoms with E-state index in [0.29, 0.717) is 24.2 Å². The summed E-state index contributed by atoms with van der Waals surface area (Å²) in [6.07, 6.45) is 8.31. The van der Waals surface area contributed by atoms with Crippen molar-refractivity contribution in [2.24, 2.45) is 11.1 Å². The van der Waals surface area contributed by atoms with Crippen molar-refractivity contribution < 1.29 is 14.3 Å². The van der Waals surface area contributed by atoms with Crippen LogP contribution in [-0.2, 0) is 9.53 Å². The van der Waals surface area contributed by atoms with Crippen LogP contribution in [0.2, 0.25) is 0 Å². The van der Waals surface area contributed by atoms with Gasteiger partial charge < -0.3 is 30.6 Å². The number of H-pyrrole nitrogens is 1. The van der Waals surface area contributed by atoms with Gasteiger partial charge in [-0.1, -0.05) is 18.2 Å². The molecule has 186 valence electrons. The van der Waals surface area contributed by atoms with E-state index in [4.69, 9.17) is 15.5 Å². The van der Waals surface area contributed by atoms with Crippen LogP contribution in [0.25, 0.3) is 27.4 Å². The lowest BCUT2D eigenvalue weighted by atomic mass is 9.78. The Balaban J connectivity index is 1.48. The molecule has 2 amide bonds. The van der Waals surface area contributed by atoms with E-state index in [1.165, 1.54) is 0 Å². The second kappa shape index (κ2) is 8.29. The fraction of sp³-hybridized carbons (Fsp3) is 0.370. The highest BCUT2D eigenvalue weighted by Crippen LogP contribution is 2.43. The highest BCUT2D eigenvalue weighted by Gasteiger charge is 2.48. The molecule has 0 saturated carbocycles. The van der Waals surface area contributed by atoms with Crippen LogP contribution in [0.4, 0.5) is 5.82 Å². The number of allylic oxidation sites excluding steroid dienone is 2. The maximum Gasteiger partial charge on any atom is 0.252 e. The van der Waals surface area contributed by atoms with Crippen LogP contribution in [0.15, 0.2) is 42.4 Å². The van der Waals surface area contributed by atoms with Crippen molar-refractivity contribution in [3.8, 4) is 0 Å². The zero-order chi connectivity index (χ0) is 25.0. The van der Waals surface area contributed by atoms with E-state index in [9.17, 15) is 9.59 Å². The van der Waals surface area contributed by atoms with Crippen molar-refractivity contribution in [1.29, 1.82) is 0 Å². The molecule has 2 saturated heterocycles. The summed E-state index contributed by atoms with van der Waals surface area (Å²) < 4.78 is 5.37. The number of carbonyl (C=O) groups excluding carboxylic acids is 2. The molecule has 1 aromatic carbocycles. The van der Waals surface area contributed by atoms with Crippen molar-refractivity contribution in [2.45, 2.75) is 19.3 Å². The third-order valence-electron chi connectivity index (χ3n) is 7.91. The molecule has 0 unspecified atom stereocenters. The fourth-order valence-electron chi connectivity index (χ4n) is 6.02. The van der Waals surface area contributed by atoms with E-state index in [1.54, 1.807) is 13.3 Å². The van der Waals surface area contributed by atoms with Crippen molar-refractivity contribution in [2.75, 3.05) is 45.2 Å². The number of nitrogens with zero attached hydrogens (tertiary/aromatic N) is 3. The normalized spacial score (nSPS) is 22.2. The SMILES string of the molecule is COC1=CC(c2ccc3c(c2)[nH]c2c(C(N)=O)cnc(N4CCC[C@@]5(CCN(C)C5=O)C4)c23)=CCN1. The predicted octanol–water partition coefficient (Wildman–Crippen LogP) is 2.74. The second-order valence-corrected chi connectivity index (χ2v) is 10.0. The molecule has 2 aromatic heterocycles. The number of nitrogens with two attached hydrogens (primary N) is 1. The molecule has 3 aromatic rings. The van der Waals surface area contributed by atoms with E-state index < -0.39 is 5.91 Å². The van der Waals surface area contributed by atoms with Gasteiger partial charge in [0.15, 0.2) is 5.88 Å². The molecule has 36 heavy (non-hydrogen) atoms. The first-order valence-electron chi connectivity index (χ1n) is 12.3. The zero-order valence-electron chi connectivity index (χ0n) is 20.6. The summed E-state index contributed by atoms with van der Waals surface area (Å²) in [6.45, 7) is 2.91. The number of benzene rings is 1. The largest absolute Gasteiger partial charge is 0.482 e. The van der Waals surface area contributed by atoms with Crippen molar-refractivity contribution in [3.63, 3.8) is 0 Å². The highest BCUT2D eigenvalue weighted by atomic mass is 16.5. The lowest BCUT2D eigenvalue weighted by Gasteiger charge is -2.39. The standard InChI is InChI=1S/C27H30N6O3/c1-32-11-8-27(26(32)35)7-3-10-33(15-27)25-22-18-5-4-16(17-6-9-29-21(13-17)36-2)12-20(18)31-23(22)19(14-30-25)24(28)34/h4-6,12-14,29,31H,3,7-11,15H2,1-2H3,(H2,28,34)/t27-/m1/s1. The smallest absolute Gasteiger partial charge is 0.252 e. The van der Waals surface area contributed by atoms with Gasteiger partial charge in [0.2, 0.25) is 5.91 Å². The third kappa shape index (κ3) is 3.41. The van der Waals surface area contributed by atoms with E-state index in [0.717, 1.165) is 71.5 Å². The number of amides is 2. The number of nitrogens with one attached hydrogen (secondary N) is 2. The van der Waals surface area contributed by atoms with Crippen molar-refractivity contribution >= 4 is 45.0 Å². The minimum atomic E-state index is -0.526. The van der Waals surface area contributed by atoms with Crippen molar-refractivity contribution in [3.05, 3.63) is 53.6 Å². The van der Waals surface area contributed by atoms with Crippen LogP contribution in [0.3, 0.4) is 0 Å². The molecule has 5 heterocycles. The summed E-state index contributed by atoms with van der Waals surface area (Å²) in [5, 5.41) is 5.02. The Labute approximate surface area is 209 Å². The van der Waals surface area contributed by atoms with Crippen molar-refractivity contribution in [1.82, 2.24) is 20.2 Å². The molecule has 4 N–H and O–H groups in total. The van der Waals surface area contributed by atoms with Crippen LogP contribution < -0.4 is 16.0 Å². The van der Waals surface area contributed by atoms with E-state index in [1.807, 2.05) is 18.0 Å². The molecule has 0 bridgehead atoms. The summed E-state index contributed by atoms with van der Waals surface area (Å²) in [5.41, 5.74) is 9.40. The Hall–Kier alpha value is -4.01. The Morgan fingerprint density at radius 2 is 2.11 bits per heavy atom. The molecule has 9 nitrogen and oxygen atoms in total. The first kappa shape index (κ1) is 22.5. The van der Waals surface area contributed by atoms with E-state index in [-0.39, 0.29) is 11.3 Å². The number of carbonyl (C=O) groups is 2. The maximum absolute atomic E-state index is 13.0. The van der Waals surface area contributed by atoms with Gasteiger partial charge in [-0.25, -0.2) is 4.98 Å². The minimum absolute atomic E-state index is 0.222. The van der Waals surface area contributed by atoms with Gasteiger partial charge in [0.1, 0.15) is 5.82 Å². The Morgan fingerprint density at radius 3 is 2.86 bits per heavy atom. The fourth-order valence-corrected chi connectivity index (χ4v) is 6.02. The molecular formula is C27H30N6O3. The number of likely N-dealkylation sites (tertiary alicyclic amines) is 1. The number of hydrogen-bond acceptors (Lipinski definition) is 6. The molecule has 3 aliphatic rings. The molecule has 6 rings (SSSR count). The number of aromatic nitrogens is 2. The molecule has 1 atom stereocenters. The number of rotatable bonds is 4. The quantitative estimate of drug-likeness (QED) is 0.522. The molecule has 0 radical (unpaired) electrons. The van der Waals surface area contributed by atoms with Gasteiger partial charge in [-0.05, 0) is 36.5 Å². The number of piperidine rings is 1. The Bertz CT molecular complexity index is 1470. The number of ether oxygens (including phenoxy) is 1. The number of aromatic amines is 1. The molecule has 2 fully saturated rings. The first-order valence-corrected chi connectivity index (χ1v) is 12.3. The Morgan fingerprint density at radius 1 is 1.25 bits per heavy atom. The first-order chi connectivity index (χ1) is 17.4. The summed E-state index contributed by atoms with van der Waals surface area (Å²) in [6, 6.07) is 6.22. The van der Waals surface area contributed by atoms with Gasteiger partial charge in [-0.15, -0.1) is 0 Å². The lowest BCUT2D eigenvalue weighted by Crippen LogP contribution is -2.47. The summed E-state index contributed by atoms with van der Waals surface area (Å²) >= 11 is 0. The number of anilines is 1. The molecule has 1 spiro atoms. The van der Waals surface area contributed by atoms with Crippen LogP contribution in [0.1, 0.15) is 35.2 Å². The average molecular weight is 487 g/mol. The summed E-state index contributed by atoms with van der Waals surface area (Å²) in [5.74, 6) is 1.21. The molecule has 3 aliphatic heterocycles. The number of primary amides is 1.